The van der Waals surface area contributed by atoms with Gasteiger partial charge in [0.15, 0.2) is 12.1 Å². The molecule has 2 bridgehead atoms. The second-order valence-corrected chi connectivity index (χ2v) is 12.5. The second-order valence-electron chi connectivity index (χ2n) is 11.6. The number of ether oxygens (including phenoxy) is 1. The van der Waals surface area contributed by atoms with E-state index in [-0.39, 0.29) is 23.8 Å². The Morgan fingerprint density at radius 1 is 1.00 bits per heavy atom. The Bertz CT molecular complexity index is 1420. The van der Waals surface area contributed by atoms with E-state index < -0.39 is 35.4 Å². The van der Waals surface area contributed by atoms with Crippen molar-refractivity contribution in [1.82, 2.24) is 10.2 Å². The van der Waals surface area contributed by atoms with Gasteiger partial charge in [-0.2, -0.15) is 8.78 Å². The van der Waals surface area contributed by atoms with Crippen molar-refractivity contribution in [2.75, 3.05) is 0 Å². The van der Waals surface area contributed by atoms with Gasteiger partial charge in [-0.25, -0.2) is 0 Å². The fourth-order valence-electron chi connectivity index (χ4n) is 6.23. The van der Waals surface area contributed by atoms with E-state index >= 15 is 8.78 Å². The lowest BCUT2D eigenvalue weighted by molar-refractivity contribution is -0.155. The third kappa shape index (κ3) is 6.11. The van der Waals surface area contributed by atoms with Crippen molar-refractivity contribution in [2.24, 2.45) is 5.92 Å². The topological polar surface area (TPSA) is 78.9 Å². The Kier molecular flexibility index (Phi) is 8.39. The van der Waals surface area contributed by atoms with Crippen LogP contribution in [0.1, 0.15) is 63.7 Å². The quantitative estimate of drug-likeness (QED) is 0.299. The maximum absolute atomic E-state index is 16.1. The van der Waals surface area contributed by atoms with Gasteiger partial charge in [0.2, 0.25) is 0 Å². The van der Waals surface area contributed by atoms with Crippen LogP contribution in [0.4, 0.5) is 8.78 Å². The van der Waals surface area contributed by atoms with Crippen molar-refractivity contribution < 1.29 is 28.2 Å². The zero-order chi connectivity index (χ0) is 29.5. The van der Waals surface area contributed by atoms with Gasteiger partial charge in [-0.15, -0.1) is 0 Å². The van der Waals surface area contributed by atoms with Gasteiger partial charge in [0.25, 0.3) is 11.8 Å². The molecule has 5 rings (SSSR count). The van der Waals surface area contributed by atoms with Gasteiger partial charge in [0.05, 0.1) is 6.10 Å². The molecule has 0 aliphatic carbocycles. The number of piperidine rings is 1. The molecular formula is C32H35BrF2N2O4. The molecule has 2 saturated heterocycles. The first-order valence-electron chi connectivity index (χ1n) is 14.1. The zero-order valence-corrected chi connectivity index (χ0v) is 24.9. The van der Waals surface area contributed by atoms with E-state index in [1.807, 2.05) is 26.0 Å². The van der Waals surface area contributed by atoms with Gasteiger partial charge < -0.3 is 20.1 Å². The van der Waals surface area contributed by atoms with Crippen molar-refractivity contribution in [3.8, 4) is 5.75 Å². The Morgan fingerprint density at radius 2 is 1.61 bits per heavy atom. The number of hydrogen-bond donors (Lipinski definition) is 2. The van der Waals surface area contributed by atoms with Crippen molar-refractivity contribution >= 4 is 38.5 Å². The molecule has 4 unspecified atom stereocenters. The average molecular weight is 630 g/mol. The van der Waals surface area contributed by atoms with Gasteiger partial charge in [-0.1, -0.05) is 53.2 Å². The number of nitrogens with zero attached hydrogens (tertiary/aromatic N) is 1. The number of aliphatic hydroxyl groups excluding tert-OH is 1. The average Bonchev–Trinajstić information content (AvgIpc) is 3.20. The minimum atomic E-state index is -3.72. The second kappa shape index (κ2) is 11.7. The van der Waals surface area contributed by atoms with Crippen LogP contribution >= 0.6 is 15.9 Å². The van der Waals surface area contributed by atoms with Crippen LogP contribution in [0.5, 0.6) is 5.75 Å². The number of carbonyl (C=O) groups is 2. The van der Waals surface area contributed by atoms with E-state index in [2.05, 4.69) is 28.2 Å². The maximum Gasteiger partial charge on any atom is 0.302 e. The van der Waals surface area contributed by atoms with E-state index in [9.17, 15) is 14.7 Å². The minimum Gasteiger partial charge on any atom is -0.491 e. The number of carbonyl (C=O) groups excluding carboxylic acids is 2. The molecular weight excluding hydrogens is 594 g/mol. The molecule has 3 aromatic carbocycles. The molecule has 0 radical (unpaired) electrons. The van der Waals surface area contributed by atoms with Crippen LogP contribution < -0.4 is 10.1 Å². The lowest BCUT2D eigenvalue weighted by Gasteiger charge is -2.41. The van der Waals surface area contributed by atoms with Crippen LogP contribution in [0.15, 0.2) is 65.1 Å². The molecule has 218 valence electrons. The fourth-order valence-corrected chi connectivity index (χ4v) is 6.50. The van der Waals surface area contributed by atoms with Gasteiger partial charge in [-0.3, -0.25) is 9.59 Å². The van der Waals surface area contributed by atoms with Gasteiger partial charge in [0, 0.05) is 22.1 Å². The monoisotopic (exact) mass is 628 g/mol. The van der Waals surface area contributed by atoms with Crippen LogP contribution in [-0.4, -0.2) is 46.1 Å². The molecule has 2 N–H and O–H groups in total. The fraction of sp³-hybridized carbons (Fsp3) is 0.438. The lowest BCUT2D eigenvalue weighted by Crippen LogP contribution is -2.60. The third-order valence-electron chi connectivity index (χ3n) is 8.12. The smallest absolute Gasteiger partial charge is 0.302 e. The first kappa shape index (κ1) is 29.5. The summed E-state index contributed by atoms with van der Waals surface area (Å²) >= 11 is 3.26. The first-order valence-corrected chi connectivity index (χ1v) is 14.9. The Morgan fingerprint density at radius 3 is 2.24 bits per heavy atom. The molecule has 2 aliphatic rings. The zero-order valence-electron chi connectivity index (χ0n) is 23.3. The number of fused-ring (bicyclic) bond motifs is 3. The highest BCUT2D eigenvalue weighted by molar-refractivity contribution is 9.10. The van der Waals surface area contributed by atoms with Crippen LogP contribution in [-0.2, 0) is 15.5 Å². The highest BCUT2D eigenvalue weighted by atomic mass is 79.9. The van der Waals surface area contributed by atoms with Gasteiger partial charge in [0.1, 0.15) is 5.75 Å². The van der Waals surface area contributed by atoms with E-state index in [0.29, 0.717) is 16.1 Å². The number of hydrogen-bond acceptors (Lipinski definition) is 4. The summed E-state index contributed by atoms with van der Waals surface area (Å²) < 4.78 is 38.5. The summed E-state index contributed by atoms with van der Waals surface area (Å²) in [4.78, 5) is 28.7. The highest BCUT2D eigenvalue weighted by Crippen LogP contribution is 2.41. The summed E-state index contributed by atoms with van der Waals surface area (Å²) in [7, 11) is 0. The number of nitrogens with one attached hydrogen (secondary N) is 1. The van der Waals surface area contributed by atoms with Crippen LogP contribution in [0.2, 0.25) is 0 Å². The SMILES string of the molecule is CC1CC2CCC(C1)N2C(=O)C(NC(=O)C(O)c1ccc2cc(OC(C)C)ccc2c1)C(F)(F)c1ccc(Br)cc1. The Balaban J connectivity index is 1.42. The largest absolute Gasteiger partial charge is 0.491 e. The van der Waals surface area contributed by atoms with Crippen molar-refractivity contribution in [3.05, 3.63) is 76.3 Å². The van der Waals surface area contributed by atoms with E-state index in [4.69, 9.17) is 4.74 Å². The summed E-state index contributed by atoms with van der Waals surface area (Å²) in [6, 6.07) is 13.4. The standard InChI is InChI=1S/C32H35BrF2N2O4/c1-18(2)41-27-13-6-20-16-22(5-4-21(20)17-27)28(38)30(39)36-29(32(34,35)23-7-9-24(33)10-8-23)31(40)37-25-11-12-26(37)15-19(3)14-25/h4-10,13,16-19,25-26,28-29,38H,11-12,14-15H2,1-3H3,(H,36,39). The lowest BCUT2D eigenvalue weighted by atomic mass is 9.90. The summed E-state index contributed by atoms with van der Waals surface area (Å²) in [5, 5.41) is 14.8. The molecule has 2 amide bonds. The minimum absolute atomic E-state index is 0.00645. The normalized spacial score (nSPS) is 22.0. The number of halogens is 3. The molecule has 0 spiro atoms. The first-order chi connectivity index (χ1) is 19.4. The van der Waals surface area contributed by atoms with Crippen LogP contribution in [0.25, 0.3) is 10.8 Å². The summed E-state index contributed by atoms with van der Waals surface area (Å²) in [5.74, 6) is -4.49. The molecule has 0 aromatic heterocycles. The Hall–Kier alpha value is -3.04. The molecule has 41 heavy (non-hydrogen) atoms. The molecule has 2 fully saturated rings. The van der Waals surface area contributed by atoms with E-state index in [1.165, 1.54) is 24.3 Å². The van der Waals surface area contributed by atoms with Crippen molar-refractivity contribution in [2.45, 2.75) is 82.7 Å². The summed E-state index contributed by atoms with van der Waals surface area (Å²) in [5.41, 5.74) is -0.158. The number of benzene rings is 3. The van der Waals surface area contributed by atoms with Crippen molar-refractivity contribution in [1.29, 1.82) is 0 Å². The number of amides is 2. The molecule has 4 atom stereocenters. The van der Waals surface area contributed by atoms with Crippen LogP contribution in [0, 0.1) is 5.92 Å². The van der Waals surface area contributed by atoms with Gasteiger partial charge in [-0.05, 0) is 92.1 Å². The van der Waals surface area contributed by atoms with E-state index in [1.54, 1.807) is 29.2 Å². The predicted molar refractivity (Wildman–Crippen MR) is 157 cm³/mol. The van der Waals surface area contributed by atoms with Crippen LogP contribution in [0.3, 0.4) is 0 Å². The Labute approximate surface area is 247 Å². The molecule has 0 saturated carbocycles. The maximum atomic E-state index is 16.1. The number of rotatable bonds is 8. The number of alkyl halides is 2. The van der Waals surface area contributed by atoms with Crippen molar-refractivity contribution in [3.63, 3.8) is 0 Å². The molecule has 3 aromatic rings. The highest BCUT2D eigenvalue weighted by Gasteiger charge is 2.53. The summed E-state index contributed by atoms with van der Waals surface area (Å²) in [6.45, 7) is 5.97. The van der Waals surface area contributed by atoms with E-state index in [0.717, 1.165) is 36.5 Å². The van der Waals surface area contributed by atoms with Gasteiger partial charge >= 0.3 is 5.92 Å². The summed E-state index contributed by atoms with van der Waals surface area (Å²) in [6.07, 6.45) is 1.27. The molecule has 6 nitrogen and oxygen atoms in total. The number of aliphatic hydroxyl groups is 1. The molecule has 2 heterocycles. The third-order valence-corrected chi connectivity index (χ3v) is 8.65. The molecule has 2 aliphatic heterocycles. The predicted octanol–water partition coefficient (Wildman–Crippen LogP) is 6.49. The molecule has 9 heteroatoms.